The number of nitrogens with zero attached hydrogens (tertiary/aromatic N) is 1. The van der Waals surface area contributed by atoms with Crippen LogP contribution in [0.5, 0.6) is 11.5 Å². The number of fused-ring (bicyclic) bond motifs is 2. The molecule has 2 N–H and O–H groups in total. The molecule has 0 fully saturated rings. The molecule has 120 valence electrons. The molecule has 4 rings (SSSR count). The van der Waals surface area contributed by atoms with Crippen molar-refractivity contribution in [1.29, 1.82) is 0 Å². The largest absolute Gasteiger partial charge is 0.486 e. The van der Waals surface area contributed by atoms with Crippen LogP contribution in [-0.4, -0.2) is 24.2 Å². The Labute approximate surface area is 138 Å². The molecule has 2 amide bonds. The van der Waals surface area contributed by atoms with E-state index in [1.807, 2.05) is 30.3 Å². The first-order valence-electron chi connectivity index (χ1n) is 7.61. The Balaban J connectivity index is 1.52. The third-order valence-corrected chi connectivity index (χ3v) is 3.68. The fraction of sp³-hybridized carbons (Fsp3) is 0.111. The molecule has 0 saturated heterocycles. The van der Waals surface area contributed by atoms with Crippen molar-refractivity contribution in [2.75, 3.05) is 23.8 Å². The highest BCUT2D eigenvalue weighted by Gasteiger charge is 2.13. The minimum Gasteiger partial charge on any atom is -0.486 e. The molecule has 1 aromatic heterocycles. The Morgan fingerprint density at radius 2 is 1.79 bits per heavy atom. The monoisotopic (exact) mass is 321 g/mol. The molecule has 0 aliphatic carbocycles. The van der Waals surface area contributed by atoms with Crippen LogP contribution < -0.4 is 20.1 Å². The molecule has 0 spiro atoms. The number of pyridine rings is 1. The first-order valence-corrected chi connectivity index (χ1v) is 7.61. The summed E-state index contributed by atoms with van der Waals surface area (Å²) in [5, 5.41) is 6.59. The van der Waals surface area contributed by atoms with Crippen LogP contribution in [0.1, 0.15) is 0 Å². The second-order valence-electron chi connectivity index (χ2n) is 5.32. The Morgan fingerprint density at radius 1 is 0.958 bits per heavy atom. The summed E-state index contributed by atoms with van der Waals surface area (Å²) in [4.78, 5) is 16.6. The SMILES string of the molecule is O=C(Nc1ccc2c(c1)OCCO2)Nc1cccc2cccnc12. The Bertz CT molecular complexity index is 906. The predicted molar refractivity (Wildman–Crippen MR) is 91.8 cm³/mol. The van der Waals surface area contributed by atoms with Crippen molar-refractivity contribution >= 4 is 28.3 Å². The molecule has 2 aromatic carbocycles. The average molecular weight is 321 g/mol. The zero-order chi connectivity index (χ0) is 16.4. The quantitative estimate of drug-likeness (QED) is 0.755. The van der Waals surface area contributed by atoms with E-state index in [2.05, 4.69) is 15.6 Å². The number of para-hydroxylation sites is 1. The van der Waals surface area contributed by atoms with Gasteiger partial charge < -0.3 is 20.1 Å². The van der Waals surface area contributed by atoms with Crippen molar-refractivity contribution in [1.82, 2.24) is 4.98 Å². The molecule has 6 heteroatoms. The van der Waals surface area contributed by atoms with Crippen molar-refractivity contribution in [2.24, 2.45) is 0 Å². The molecule has 6 nitrogen and oxygen atoms in total. The highest BCUT2D eigenvalue weighted by atomic mass is 16.6. The summed E-state index contributed by atoms with van der Waals surface area (Å²) in [7, 11) is 0. The van der Waals surface area contributed by atoms with E-state index in [4.69, 9.17) is 9.47 Å². The van der Waals surface area contributed by atoms with Crippen LogP contribution in [0, 0.1) is 0 Å². The van der Waals surface area contributed by atoms with Gasteiger partial charge in [-0.3, -0.25) is 4.98 Å². The van der Waals surface area contributed by atoms with Crippen LogP contribution in [0.15, 0.2) is 54.7 Å². The van der Waals surface area contributed by atoms with Crippen LogP contribution in [-0.2, 0) is 0 Å². The minimum absolute atomic E-state index is 0.343. The van der Waals surface area contributed by atoms with Gasteiger partial charge in [-0.15, -0.1) is 0 Å². The zero-order valence-electron chi connectivity index (χ0n) is 12.8. The third kappa shape index (κ3) is 2.81. The number of amides is 2. The van der Waals surface area contributed by atoms with Gasteiger partial charge in [0.2, 0.25) is 0 Å². The van der Waals surface area contributed by atoms with Gasteiger partial charge in [-0.1, -0.05) is 18.2 Å². The number of anilines is 2. The molecule has 0 radical (unpaired) electrons. The van der Waals surface area contributed by atoms with E-state index in [0.29, 0.717) is 36.1 Å². The molecule has 1 aliphatic heterocycles. The number of aromatic nitrogens is 1. The van der Waals surface area contributed by atoms with E-state index in [0.717, 1.165) is 10.9 Å². The maximum Gasteiger partial charge on any atom is 0.323 e. The van der Waals surface area contributed by atoms with Gasteiger partial charge in [-0.2, -0.15) is 0 Å². The van der Waals surface area contributed by atoms with Gasteiger partial charge in [0, 0.05) is 23.3 Å². The zero-order valence-corrected chi connectivity index (χ0v) is 12.8. The van der Waals surface area contributed by atoms with E-state index in [-0.39, 0.29) is 6.03 Å². The van der Waals surface area contributed by atoms with E-state index in [1.165, 1.54) is 0 Å². The minimum atomic E-state index is -0.343. The summed E-state index contributed by atoms with van der Waals surface area (Å²) in [5.74, 6) is 1.32. The molecule has 0 unspecified atom stereocenters. The number of urea groups is 1. The first-order chi connectivity index (χ1) is 11.8. The molecule has 0 atom stereocenters. The molecular weight excluding hydrogens is 306 g/mol. The van der Waals surface area contributed by atoms with Crippen LogP contribution in [0.4, 0.5) is 16.2 Å². The van der Waals surface area contributed by atoms with Crippen molar-refractivity contribution in [3.05, 3.63) is 54.7 Å². The van der Waals surface area contributed by atoms with Crippen LogP contribution in [0.3, 0.4) is 0 Å². The van der Waals surface area contributed by atoms with Crippen LogP contribution >= 0.6 is 0 Å². The third-order valence-electron chi connectivity index (χ3n) is 3.68. The molecule has 3 aromatic rings. The number of nitrogens with one attached hydrogen (secondary N) is 2. The normalized spacial score (nSPS) is 12.7. The lowest BCUT2D eigenvalue weighted by Crippen LogP contribution is -2.20. The number of benzene rings is 2. The van der Waals surface area contributed by atoms with Crippen molar-refractivity contribution < 1.29 is 14.3 Å². The van der Waals surface area contributed by atoms with Crippen LogP contribution in [0.2, 0.25) is 0 Å². The number of rotatable bonds is 2. The summed E-state index contributed by atoms with van der Waals surface area (Å²) in [6.45, 7) is 1.04. The van der Waals surface area contributed by atoms with E-state index < -0.39 is 0 Å². The van der Waals surface area contributed by atoms with Crippen LogP contribution in [0.25, 0.3) is 10.9 Å². The number of hydrogen-bond donors (Lipinski definition) is 2. The van der Waals surface area contributed by atoms with Gasteiger partial charge in [0.15, 0.2) is 11.5 Å². The maximum atomic E-state index is 12.3. The second kappa shape index (κ2) is 6.08. The summed E-state index contributed by atoms with van der Waals surface area (Å²) in [5.41, 5.74) is 2.03. The fourth-order valence-electron chi connectivity index (χ4n) is 2.61. The van der Waals surface area contributed by atoms with E-state index in [9.17, 15) is 4.79 Å². The fourth-order valence-corrected chi connectivity index (χ4v) is 2.61. The Hall–Kier alpha value is -3.28. The topological polar surface area (TPSA) is 72.5 Å². The van der Waals surface area contributed by atoms with Crippen molar-refractivity contribution in [2.45, 2.75) is 0 Å². The van der Waals surface area contributed by atoms with Gasteiger partial charge in [-0.05, 0) is 24.3 Å². The van der Waals surface area contributed by atoms with Crippen molar-refractivity contribution in [3.63, 3.8) is 0 Å². The predicted octanol–water partition coefficient (Wildman–Crippen LogP) is 3.65. The summed E-state index contributed by atoms with van der Waals surface area (Å²) in [6, 6.07) is 14.4. The molecule has 1 aliphatic rings. The first kappa shape index (κ1) is 14.3. The lowest BCUT2D eigenvalue weighted by atomic mass is 10.2. The number of hydrogen-bond acceptors (Lipinski definition) is 4. The molecule has 2 heterocycles. The summed E-state index contributed by atoms with van der Waals surface area (Å²) >= 11 is 0. The van der Waals surface area contributed by atoms with Gasteiger partial charge in [0.05, 0.1) is 11.2 Å². The highest BCUT2D eigenvalue weighted by Crippen LogP contribution is 2.32. The average Bonchev–Trinajstić information content (AvgIpc) is 2.62. The lowest BCUT2D eigenvalue weighted by molar-refractivity contribution is 0.171. The highest BCUT2D eigenvalue weighted by molar-refractivity contribution is 6.05. The second-order valence-corrected chi connectivity index (χ2v) is 5.32. The number of carbonyl (C=O) groups excluding carboxylic acids is 1. The van der Waals surface area contributed by atoms with Gasteiger partial charge in [0.1, 0.15) is 13.2 Å². The number of ether oxygens (including phenoxy) is 2. The molecule has 0 bridgehead atoms. The Morgan fingerprint density at radius 3 is 2.71 bits per heavy atom. The smallest absolute Gasteiger partial charge is 0.323 e. The standard InChI is InChI=1S/C18H15N3O3/c22-18(20-13-6-7-15-16(11-13)24-10-9-23-15)21-14-5-1-3-12-4-2-8-19-17(12)14/h1-8,11H,9-10H2,(H2,20,21,22). The van der Waals surface area contributed by atoms with E-state index in [1.54, 1.807) is 24.4 Å². The van der Waals surface area contributed by atoms with Gasteiger partial charge in [0.25, 0.3) is 0 Å². The lowest BCUT2D eigenvalue weighted by Gasteiger charge is -2.19. The summed E-state index contributed by atoms with van der Waals surface area (Å²) < 4.78 is 11.0. The van der Waals surface area contributed by atoms with Crippen molar-refractivity contribution in [3.8, 4) is 11.5 Å². The van der Waals surface area contributed by atoms with Gasteiger partial charge >= 0.3 is 6.03 Å². The number of carbonyl (C=O) groups is 1. The summed E-state index contributed by atoms with van der Waals surface area (Å²) in [6.07, 6.45) is 1.70. The van der Waals surface area contributed by atoms with E-state index >= 15 is 0 Å². The molecule has 0 saturated carbocycles. The molecule has 24 heavy (non-hydrogen) atoms. The molecular formula is C18H15N3O3. The maximum absolute atomic E-state index is 12.3. The van der Waals surface area contributed by atoms with Gasteiger partial charge in [-0.25, -0.2) is 4.79 Å². The Kier molecular flexibility index (Phi) is 3.63.